The highest BCUT2D eigenvalue weighted by molar-refractivity contribution is 5.82. The maximum absolute atomic E-state index is 11.4. The van der Waals surface area contributed by atoms with Crippen LogP contribution in [0.15, 0.2) is 0 Å². The van der Waals surface area contributed by atoms with Crippen LogP contribution in [0, 0.1) is 12.3 Å². The van der Waals surface area contributed by atoms with Crippen LogP contribution in [0.3, 0.4) is 0 Å². The largest absolute Gasteiger partial charge is 0.480 e. The molecule has 1 amide bonds. The zero-order chi connectivity index (χ0) is 12.2. The van der Waals surface area contributed by atoms with Crippen LogP contribution in [0.4, 0.5) is 0 Å². The average molecular weight is 224 g/mol. The van der Waals surface area contributed by atoms with Gasteiger partial charge in [0, 0.05) is 0 Å². The molecular formula is C11H16N2O3. The van der Waals surface area contributed by atoms with Crippen molar-refractivity contribution in [1.29, 1.82) is 0 Å². The fourth-order valence-corrected chi connectivity index (χ4v) is 1.89. The van der Waals surface area contributed by atoms with Crippen LogP contribution < -0.4 is 5.32 Å². The van der Waals surface area contributed by atoms with E-state index in [0.29, 0.717) is 13.0 Å². The van der Waals surface area contributed by atoms with E-state index >= 15 is 0 Å². The Kier molecular flexibility index (Phi) is 3.91. The van der Waals surface area contributed by atoms with Crippen molar-refractivity contribution in [3.05, 3.63) is 0 Å². The number of carbonyl (C=O) groups is 2. The number of likely N-dealkylation sites (tertiary alicyclic amines) is 1. The van der Waals surface area contributed by atoms with E-state index in [2.05, 4.69) is 11.2 Å². The standard InChI is InChI=1S/C11H16N2O3/c1-3-6-12-9(14)8-13-7-4-5-11(13,2)10(15)16/h1H,4-8H2,2H3,(H,12,14)(H,15,16). The molecule has 0 spiro atoms. The predicted octanol–water partition coefficient (Wildman–Crippen LogP) is -0.325. The van der Waals surface area contributed by atoms with E-state index in [1.165, 1.54) is 0 Å². The molecule has 0 bridgehead atoms. The highest BCUT2D eigenvalue weighted by Gasteiger charge is 2.43. The summed E-state index contributed by atoms with van der Waals surface area (Å²) in [5.41, 5.74) is -0.923. The number of nitrogens with one attached hydrogen (secondary N) is 1. The van der Waals surface area contributed by atoms with Crippen LogP contribution in [0.25, 0.3) is 0 Å². The van der Waals surface area contributed by atoms with Gasteiger partial charge in [-0.3, -0.25) is 14.5 Å². The number of hydrogen-bond acceptors (Lipinski definition) is 3. The third-order valence-corrected chi connectivity index (χ3v) is 2.97. The third kappa shape index (κ3) is 2.52. The van der Waals surface area contributed by atoms with Crippen molar-refractivity contribution in [2.45, 2.75) is 25.3 Å². The van der Waals surface area contributed by atoms with Crippen molar-refractivity contribution in [2.75, 3.05) is 19.6 Å². The summed E-state index contributed by atoms with van der Waals surface area (Å²) in [7, 11) is 0. The summed E-state index contributed by atoms with van der Waals surface area (Å²) in [4.78, 5) is 24.2. The highest BCUT2D eigenvalue weighted by atomic mass is 16.4. The van der Waals surface area contributed by atoms with Gasteiger partial charge in [-0.15, -0.1) is 6.42 Å². The molecule has 1 heterocycles. The van der Waals surface area contributed by atoms with Crippen molar-refractivity contribution >= 4 is 11.9 Å². The number of rotatable bonds is 4. The molecule has 16 heavy (non-hydrogen) atoms. The number of carboxylic acid groups (broad SMARTS) is 1. The second kappa shape index (κ2) is 4.99. The minimum absolute atomic E-state index is 0.0878. The summed E-state index contributed by atoms with van der Waals surface area (Å²) < 4.78 is 0. The second-order valence-corrected chi connectivity index (χ2v) is 4.08. The van der Waals surface area contributed by atoms with E-state index in [-0.39, 0.29) is 19.0 Å². The summed E-state index contributed by atoms with van der Waals surface area (Å²) in [6.45, 7) is 2.55. The highest BCUT2D eigenvalue weighted by Crippen LogP contribution is 2.28. The number of terminal acetylenes is 1. The molecule has 0 saturated carbocycles. The van der Waals surface area contributed by atoms with Crippen molar-refractivity contribution in [2.24, 2.45) is 0 Å². The lowest BCUT2D eigenvalue weighted by Crippen LogP contribution is -2.51. The first kappa shape index (κ1) is 12.5. The molecule has 0 aromatic heterocycles. The van der Waals surface area contributed by atoms with Gasteiger partial charge in [0.05, 0.1) is 13.1 Å². The first-order valence-corrected chi connectivity index (χ1v) is 5.19. The molecule has 1 fully saturated rings. The van der Waals surface area contributed by atoms with Crippen LogP contribution in [0.5, 0.6) is 0 Å². The van der Waals surface area contributed by atoms with Gasteiger partial charge in [-0.25, -0.2) is 0 Å². The Hall–Kier alpha value is -1.54. The van der Waals surface area contributed by atoms with Crippen molar-refractivity contribution in [3.63, 3.8) is 0 Å². The monoisotopic (exact) mass is 224 g/mol. The molecular weight excluding hydrogens is 208 g/mol. The molecule has 5 nitrogen and oxygen atoms in total. The minimum Gasteiger partial charge on any atom is -0.480 e. The summed E-state index contributed by atoms with van der Waals surface area (Å²) in [5.74, 6) is 1.19. The SMILES string of the molecule is C#CCNC(=O)CN1CCCC1(C)C(=O)O. The van der Waals surface area contributed by atoms with Crippen LogP contribution in [-0.4, -0.2) is 47.1 Å². The van der Waals surface area contributed by atoms with Gasteiger partial charge in [-0.2, -0.15) is 0 Å². The van der Waals surface area contributed by atoms with Gasteiger partial charge in [0.2, 0.25) is 5.91 Å². The Morgan fingerprint density at radius 2 is 2.31 bits per heavy atom. The van der Waals surface area contributed by atoms with Crippen molar-refractivity contribution < 1.29 is 14.7 Å². The normalized spacial score (nSPS) is 25.0. The Balaban J connectivity index is 2.57. The number of nitrogens with zero attached hydrogens (tertiary/aromatic N) is 1. The van der Waals surface area contributed by atoms with Gasteiger partial charge in [0.25, 0.3) is 0 Å². The minimum atomic E-state index is -0.923. The Bertz CT molecular complexity index is 335. The molecule has 88 valence electrons. The Labute approximate surface area is 94.8 Å². The molecule has 1 aliphatic rings. The molecule has 1 aliphatic heterocycles. The van der Waals surface area contributed by atoms with E-state index in [4.69, 9.17) is 11.5 Å². The number of carbonyl (C=O) groups excluding carboxylic acids is 1. The second-order valence-electron chi connectivity index (χ2n) is 4.08. The van der Waals surface area contributed by atoms with Gasteiger partial charge in [0.15, 0.2) is 0 Å². The lowest BCUT2D eigenvalue weighted by molar-refractivity contribution is -0.149. The van der Waals surface area contributed by atoms with E-state index in [9.17, 15) is 9.59 Å². The van der Waals surface area contributed by atoms with Crippen LogP contribution >= 0.6 is 0 Å². The Morgan fingerprint density at radius 1 is 1.62 bits per heavy atom. The van der Waals surface area contributed by atoms with E-state index in [1.54, 1.807) is 11.8 Å². The molecule has 1 rings (SSSR count). The molecule has 1 saturated heterocycles. The molecule has 1 unspecified atom stereocenters. The first-order chi connectivity index (χ1) is 7.50. The van der Waals surface area contributed by atoms with E-state index < -0.39 is 11.5 Å². The van der Waals surface area contributed by atoms with Gasteiger partial charge in [0.1, 0.15) is 5.54 Å². The number of amides is 1. The van der Waals surface area contributed by atoms with Crippen LogP contribution in [0.1, 0.15) is 19.8 Å². The molecule has 0 aromatic rings. The zero-order valence-corrected chi connectivity index (χ0v) is 9.32. The topological polar surface area (TPSA) is 69.6 Å². The molecule has 5 heteroatoms. The van der Waals surface area contributed by atoms with Crippen LogP contribution in [0.2, 0.25) is 0 Å². The van der Waals surface area contributed by atoms with Crippen LogP contribution in [-0.2, 0) is 9.59 Å². The third-order valence-electron chi connectivity index (χ3n) is 2.97. The average Bonchev–Trinajstić information content (AvgIpc) is 2.59. The van der Waals surface area contributed by atoms with Crippen molar-refractivity contribution in [3.8, 4) is 12.3 Å². The fraction of sp³-hybridized carbons (Fsp3) is 0.636. The summed E-state index contributed by atoms with van der Waals surface area (Å²) >= 11 is 0. The molecule has 0 aliphatic carbocycles. The smallest absolute Gasteiger partial charge is 0.323 e. The summed E-state index contributed by atoms with van der Waals surface area (Å²) in [5, 5.41) is 11.7. The molecule has 1 atom stereocenters. The maximum Gasteiger partial charge on any atom is 0.323 e. The van der Waals surface area contributed by atoms with Gasteiger partial charge in [-0.05, 0) is 26.3 Å². The van der Waals surface area contributed by atoms with Gasteiger partial charge in [-0.1, -0.05) is 5.92 Å². The number of hydrogen-bond donors (Lipinski definition) is 2. The van der Waals surface area contributed by atoms with E-state index in [0.717, 1.165) is 6.42 Å². The fourth-order valence-electron chi connectivity index (χ4n) is 1.89. The lowest BCUT2D eigenvalue weighted by atomic mass is 9.99. The lowest BCUT2D eigenvalue weighted by Gasteiger charge is -2.30. The maximum atomic E-state index is 11.4. The predicted molar refractivity (Wildman–Crippen MR) is 58.7 cm³/mol. The first-order valence-electron chi connectivity index (χ1n) is 5.19. The number of carboxylic acids is 1. The van der Waals surface area contributed by atoms with Crippen molar-refractivity contribution in [1.82, 2.24) is 10.2 Å². The van der Waals surface area contributed by atoms with Gasteiger partial charge >= 0.3 is 5.97 Å². The summed E-state index contributed by atoms with van der Waals surface area (Å²) in [6.07, 6.45) is 6.39. The molecule has 0 aromatic carbocycles. The zero-order valence-electron chi connectivity index (χ0n) is 9.32. The Morgan fingerprint density at radius 3 is 2.88 bits per heavy atom. The van der Waals surface area contributed by atoms with Gasteiger partial charge < -0.3 is 10.4 Å². The molecule has 2 N–H and O–H groups in total. The quantitative estimate of drug-likeness (QED) is 0.642. The number of aliphatic carboxylic acids is 1. The summed E-state index contributed by atoms with van der Waals surface area (Å²) in [6, 6.07) is 0. The van der Waals surface area contributed by atoms with E-state index in [1.807, 2.05) is 0 Å². The molecule has 0 radical (unpaired) electrons.